The van der Waals surface area contributed by atoms with Crippen LogP contribution in [-0.4, -0.2) is 26.2 Å². The largest absolute Gasteiger partial charge is 0.493 e. The molecule has 0 spiro atoms. The van der Waals surface area contributed by atoms with Gasteiger partial charge in [-0.25, -0.2) is 8.78 Å². The van der Waals surface area contributed by atoms with Crippen molar-refractivity contribution in [2.75, 3.05) is 20.3 Å². The molecular formula is C21H25F2NO4. The third-order valence-electron chi connectivity index (χ3n) is 3.89. The number of amides is 1. The molecule has 0 bridgehead atoms. The van der Waals surface area contributed by atoms with Gasteiger partial charge in [-0.05, 0) is 42.7 Å². The smallest absolute Gasteiger partial charge is 0.258 e. The quantitative estimate of drug-likeness (QED) is 0.692. The minimum atomic E-state index is -0.859. The summed E-state index contributed by atoms with van der Waals surface area (Å²) in [7, 11) is 1.55. The van der Waals surface area contributed by atoms with Crippen LogP contribution < -0.4 is 19.5 Å². The second-order valence-electron chi connectivity index (χ2n) is 6.77. The van der Waals surface area contributed by atoms with Crippen LogP contribution in [-0.2, 0) is 4.79 Å². The van der Waals surface area contributed by atoms with Gasteiger partial charge in [0.25, 0.3) is 5.91 Å². The second-order valence-corrected chi connectivity index (χ2v) is 6.77. The minimum Gasteiger partial charge on any atom is -0.493 e. The van der Waals surface area contributed by atoms with E-state index in [4.69, 9.17) is 14.2 Å². The van der Waals surface area contributed by atoms with Crippen LogP contribution in [0, 0.1) is 17.6 Å². The van der Waals surface area contributed by atoms with Crippen molar-refractivity contribution in [1.29, 1.82) is 0 Å². The number of carbonyl (C=O) groups excluding carboxylic acids is 1. The van der Waals surface area contributed by atoms with Crippen LogP contribution in [0.1, 0.15) is 32.4 Å². The molecule has 1 unspecified atom stereocenters. The maximum absolute atomic E-state index is 13.5. The van der Waals surface area contributed by atoms with Gasteiger partial charge in [-0.1, -0.05) is 19.9 Å². The monoisotopic (exact) mass is 393 g/mol. The predicted octanol–water partition coefficient (Wildman–Crippen LogP) is 4.26. The van der Waals surface area contributed by atoms with E-state index in [0.29, 0.717) is 30.1 Å². The number of hydrogen-bond donors (Lipinski definition) is 1. The fourth-order valence-corrected chi connectivity index (χ4v) is 2.43. The third-order valence-corrected chi connectivity index (χ3v) is 3.89. The highest BCUT2D eigenvalue weighted by atomic mass is 19.1. The summed E-state index contributed by atoms with van der Waals surface area (Å²) in [5, 5.41) is 2.76. The fraction of sp³-hybridized carbons (Fsp3) is 0.381. The van der Waals surface area contributed by atoms with E-state index in [9.17, 15) is 13.6 Å². The van der Waals surface area contributed by atoms with Crippen molar-refractivity contribution >= 4 is 5.91 Å². The van der Waals surface area contributed by atoms with Crippen LogP contribution >= 0.6 is 0 Å². The Morgan fingerprint density at radius 1 is 1.00 bits per heavy atom. The highest BCUT2D eigenvalue weighted by molar-refractivity contribution is 5.78. The van der Waals surface area contributed by atoms with Crippen molar-refractivity contribution in [2.45, 2.75) is 26.8 Å². The zero-order chi connectivity index (χ0) is 20.7. The summed E-state index contributed by atoms with van der Waals surface area (Å²) in [6.07, 6.45) is 0. The molecule has 1 N–H and O–H groups in total. The van der Waals surface area contributed by atoms with Crippen molar-refractivity contribution < 1.29 is 27.8 Å². The number of hydrogen-bond acceptors (Lipinski definition) is 4. The number of benzene rings is 2. The highest BCUT2D eigenvalue weighted by Gasteiger charge is 2.14. The summed E-state index contributed by atoms with van der Waals surface area (Å²) in [6.45, 7) is 6.09. The van der Waals surface area contributed by atoms with Crippen LogP contribution in [0.3, 0.4) is 0 Å². The number of halogens is 2. The Morgan fingerprint density at radius 2 is 1.71 bits per heavy atom. The zero-order valence-electron chi connectivity index (χ0n) is 16.4. The lowest BCUT2D eigenvalue weighted by molar-refractivity contribution is -0.123. The zero-order valence-corrected chi connectivity index (χ0v) is 16.4. The van der Waals surface area contributed by atoms with Gasteiger partial charge in [0, 0.05) is 6.07 Å². The molecule has 28 heavy (non-hydrogen) atoms. The Kier molecular flexibility index (Phi) is 7.61. The Bertz CT molecular complexity index is 811. The molecule has 0 saturated carbocycles. The third kappa shape index (κ3) is 6.11. The molecule has 0 aliphatic rings. The Hall–Kier alpha value is -2.83. The lowest BCUT2D eigenvalue weighted by Crippen LogP contribution is -2.31. The number of ether oxygens (including phenoxy) is 3. The van der Waals surface area contributed by atoms with Crippen molar-refractivity contribution in [3.8, 4) is 17.2 Å². The van der Waals surface area contributed by atoms with Gasteiger partial charge >= 0.3 is 0 Å². The number of nitrogens with one attached hydrogen (secondary N) is 1. The summed E-state index contributed by atoms with van der Waals surface area (Å²) in [5.74, 6) is -0.598. The Morgan fingerprint density at radius 3 is 2.36 bits per heavy atom. The van der Waals surface area contributed by atoms with Gasteiger partial charge in [-0.2, -0.15) is 0 Å². The molecule has 0 aliphatic carbocycles. The van der Waals surface area contributed by atoms with Gasteiger partial charge < -0.3 is 19.5 Å². The van der Waals surface area contributed by atoms with Crippen LogP contribution in [0.5, 0.6) is 17.2 Å². The van der Waals surface area contributed by atoms with E-state index in [1.807, 2.05) is 6.07 Å². The van der Waals surface area contributed by atoms with Crippen molar-refractivity contribution in [3.05, 3.63) is 53.6 Å². The summed E-state index contributed by atoms with van der Waals surface area (Å²) in [6, 6.07) is 8.00. The maximum atomic E-state index is 13.5. The van der Waals surface area contributed by atoms with Crippen molar-refractivity contribution in [1.82, 2.24) is 5.32 Å². The van der Waals surface area contributed by atoms with E-state index in [2.05, 4.69) is 19.2 Å². The first-order valence-corrected chi connectivity index (χ1v) is 8.98. The molecule has 0 fully saturated rings. The van der Waals surface area contributed by atoms with Crippen molar-refractivity contribution in [2.24, 2.45) is 5.92 Å². The summed E-state index contributed by atoms with van der Waals surface area (Å²) in [5.41, 5.74) is 0.815. The van der Waals surface area contributed by atoms with E-state index in [0.717, 1.165) is 17.7 Å². The van der Waals surface area contributed by atoms with E-state index in [-0.39, 0.29) is 18.4 Å². The van der Waals surface area contributed by atoms with Crippen LogP contribution in [0.25, 0.3) is 0 Å². The van der Waals surface area contributed by atoms with Crippen molar-refractivity contribution in [3.63, 3.8) is 0 Å². The topological polar surface area (TPSA) is 56.8 Å². The van der Waals surface area contributed by atoms with E-state index in [1.165, 1.54) is 0 Å². The van der Waals surface area contributed by atoms with E-state index < -0.39 is 17.5 Å². The molecule has 2 aromatic rings. The molecule has 1 amide bonds. The highest BCUT2D eigenvalue weighted by Crippen LogP contribution is 2.30. The van der Waals surface area contributed by atoms with Gasteiger partial charge in [0.2, 0.25) is 0 Å². The van der Waals surface area contributed by atoms with Gasteiger partial charge in [0.1, 0.15) is 5.82 Å². The van der Waals surface area contributed by atoms with Gasteiger partial charge in [-0.3, -0.25) is 4.79 Å². The van der Waals surface area contributed by atoms with E-state index >= 15 is 0 Å². The number of rotatable bonds is 9. The van der Waals surface area contributed by atoms with E-state index in [1.54, 1.807) is 26.2 Å². The molecule has 0 aliphatic heterocycles. The first kappa shape index (κ1) is 21.5. The second kappa shape index (κ2) is 9.92. The summed E-state index contributed by atoms with van der Waals surface area (Å²) < 4.78 is 42.6. The fourth-order valence-electron chi connectivity index (χ4n) is 2.43. The molecule has 0 radical (unpaired) electrons. The Labute approximate surface area is 163 Å². The number of methoxy groups -OCH3 is 1. The van der Waals surface area contributed by atoms with Crippen LogP contribution in [0.4, 0.5) is 8.78 Å². The number of carbonyl (C=O) groups is 1. The van der Waals surface area contributed by atoms with Crippen LogP contribution in [0.15, 0.2) is 36.4 Å². The molecule has 0 aromatic heterocycles. The molecular weight excluding hydrogens is 368 g/mol. The normalized spacial score (nSPS) is 11.8. The molecule has 152 valence electrons. The molecule has 5 nitrogen and oxygen atoms in total. The van der Waals surface area contributed by atoms with Crippen LogP contribution in [0.2, 0.25) is 0 Å². The average molecular weight is 393 g/mol. The first-order chi connectivity index (χ1) is 13.3. The average Bonchev–Trinajstić information content (AvgIpc) is 2.65. The molecule has 7 heteroatoms. The summed E-state index contributed by atoms with van der Waals surface area (Å²) >= 11 is 0. The lowest BCUT2D eigenvalue weighted by Gasteiger charge is -2.18. The predicted molar refractivity (Wildman–Crippen MR) is 102 cm³/mol. The van der Waals surface area contributed by atoms with Gasteiger partial charge in [-0.15, -0.1) is 0 Å². The maximum Gasteiger partial charge on any atom is 0.258 e. The molecule has 2 aromatic carbocycles. The van der Waals surface area contributed by atoms with Gasteiger partial charge in [0.05, 0.1) is 19.8 Å². The lowest BCUT2D eigenvalue weighted by atomic mass is 10.1. The molecule has 2 rings (SSSR count). The minimum absolute atomic E-state index is 0.183. The molecule has 1 atom stereocenters. The summed E-state index contributed by atoms with van der Waals surface area (Å²) in [4.78, 5) is 12.1. The van der Waals surface area contributed by atoms with Gasteiger partial charge in [0.15, 0.2) is 29.7 Å². The molecule has 0 heterocycles. The standard InChI is InChI=1S/C21H25F2NO4/c1-13(2)11-27-19-7-5-15(9-20(19)26-4)14(3)24-21(25)12-28-18-8-6-16(22)10-17(18)23/h5-10,13-14H,11-12H2,1-4H3,(H,24,25). The Balaban J connectivity index is 1.95. The SMILES string of the molecule is COc1cc(C(C)NC(=O)COc2ccc(F)cc2F)ccc1OCC(C)C. The molecule has 0 saturated heterocycles. The first-order valence-electron chi connectivity index (χ1n) is 8.98.